The molecular weight excluding hydrogens is 265 g/mol. The van der Waals surface area contributed by atoms with Gasteiger partial charge in [0.1, 0.15) is 0 Å². The number of nitrogens with zero attached hydrogens (tertiary/aromatic N) is 2. The predicted octanol–water partition coefficient (Wildman–Crippen LogP) is 3.50. The molecule has 2 aromatic rings. The van der Waals surface area contributed by atoms with Crippen molar-refractivity contribution in [1.29, 1.82) is 0 Å². The normalized spacial score (nSPS) is 10.4. The van der Waals surface area contributed by atoms with E-state index in [1.807, 2.05) is 24.3 Å². The van der Waals surface area contributed by atoms with E-state index in [1.54, 1.807) is 0 Å². The highest BCUT2D eigenvalue weighted by Crippen LogP contribution is 2.17. The van der Waals surface area contributed by atoms with Gasteiger partial charge >= 0.3 is 0 Å². The first kappa shape index (κ1) is 11.6. The third kappa shape index (κ3) is 3.07. The van der Waals surface area contributed by atoms with Crippen molar-refractivity contribution < 1.29 is 0 Å². The van der Waals surface area contributed by atoms with Gasteiger partial charge in [0.15, 0.2) is 11.0 Å². The first-order valence-corrected chi connectivity index (χ1v) is 6.21. The van der Waals surface area contributed by atoms with Crippen molar-refractivity contribution in [2.75, 3.05) is 11.9 Å². The molecule has 0 saturated carbocycles. The fraction of sp³-hybridized carbons (Fsp3) is 0.200. The van der Waals surface area contributed by atoms with Crippen LogP contribution in [0.1, 0.15) is 5.56 Å². The summed E-state index contributed by atoms with van der Waals surface area (Å²) in [7, 11) is 0. The summed E-state index contributed by atoms with van der Waals surface area (Å²) in [6.45, 7) is 0.771. The van der Waals surface area contributed by atoms with E-state index in [-0.39, 0.29) is 0 Å². The van der Waals surface area contributed by atoms with Gasteiger partial charge in [-0.3, -0.25) is 0 Å². The van der Waals surface area contributed by atoms with Crippen LogP contribution in [-0.4, -0.2) is 15.3 Å². The molecular formula is C10H9Cl2N3S. The molecule has 84 valence electrons. The Morgan fingerprint density at radius 2 is 1.88 bits per heavy atom. The Hall–Kier alpha value is -0.840. The van der Waals surface area contributed by atoms with E-state index in [9.17, 15) is 0 Å². The maximum absolute atomic E-state index is 5.80. The Labute approximate surface area is 108 Å². The van der Waals surface area contributed by atoms with Crippen LogP contribution >= 0.6 is 34.9 Å². The Bertz CT molecular complexity index is 455. The molecule has 1 N–H and O–H groups in total. The highest BCUT2D eigenvalue weighted by Gasteiger charge is 2.03. The molecule has 1 aromatic heterocycles. The number of hydrogen-bond acceptors (Lipinski definition) is 4. The minimum Gasteiger partial charge on any atom is -0.366 e. The van der Waals surface area contributed by atoms with E-state index < -0.39 is 0 Å². The minimum absolute atomic E-state index is 0.432. The van der Waals surface area contributed by atoms with Crippen LogP contribution in [0.5, 0.6) is 0 Å². The van der Waals surface area contributed by atoms with Crippen molar-refractivity contribution >= 4 is 40.7 Å². The van der Waals surface area contributed by atoms with E-state index >= 15 is 0 Å². The molecule has 0 radical (unpaired) electrons. The molecule has 0 aliphatic heterocycles. The highest BCUT2D eigenvalue weighted by molar-refractivity contribution is 6.99. The lowest BCUT2D eigenvalue weighted by atomic mass is 10.1. The molecule has 0 bridgehead atoms. The van der Waals surface area contributed by atoms with Gasteiger partial charge in [0.2, 0.25) is 0 Å². The van der Waals surface area contributed by atoms with Crippen molar-refractivity contribution in [3.05, 3.63) is 40.0 Å². The summed E-state index contributed by atoms with van der Waals surface area (Å²) < 4.78 is 7.90. The fourth-order valence-corrected chi connectivity index (χ4v) is 2.07. The molecule has 6 heteroatoms. The first-order valence-electron chi connectivity index (χ1n) is 4.72. The van der Waals surface area contributed by atoms with Gasteiger partial charge in [0.25, 0.3) is 0 Å². The lowest BCUT2D eigenvalue weighted by molar-refractivity contribution is 1.01. The molecule has 0 unspecified atom stereocenters. The quantitative estimate of drug-likeness (QED) is 0.927. The van der Waals surface area contributed by atoms with Gasteiger partial charge in [0, 0.05) is 11.6 Å². The van der Waals surface area contributed by atoms with E-state index in [2.05, 4.69) is 14.1 Å². The zero-order valence-electron chi connectivity index (χ0n) is 8.28. The predicted molar refractivity (Wildman–Crippen MR) is 68.6 cm³/mol. The largest absolute Gasteiger partial charge is 0.366 e. The highest BCUT2D eigenvalue weighted by atomic mass is 35.5. The number of halogens is 2. The molecule has 0 aliphatic rings. The molecule has 0 amide bonds. The summed E-state index contributed by atoms with van der Waals surface area (Å²) in [5, 5.41) is 4.31. The summed E-state index contributed by atoms with van der Waals surface area (Å²) in [5.41, 5.74) is 1.22. The molecule has 0 atom stereocenters. The van der Waals surface area contributed by atoms with Gasteiger partial charge in [-0.15, -0.1) is 0 Å². The standard InChI is InChI=1S/C10H9Cl2N3S/c11-8-3-1-7(2-4-8)5-6-13-10-9(12)14-16-15-10/h1-4H,5-6H2,(H,13,15). The Morgan fingerprint density at radius 1 is 1.12 bits per heavy atom. The monoisotopic (exact) mass is 273 g/mol. The van der Waals surface area contributed by atoms with Crippen LogP contribution in [0.2, 0.25) is 10.2 Å². The van der Waals surface area contributed by atoms with Crippen LogP contribution in [0.4, 0.5) is 5.82 Å². The van der Waals surface area contributed by atoms with Gasteiger partial charge in [-0.2, -0.15) is 8.75 Å². The van der Waals surface area contributed by atoms with Crippen LogP contribution in [0.15, 0.2) is 24.3 Å². The molecule has 0 aliphatic carbocycles. The smallest absolute Gasteiger partial charge is 0.186 e. The summed E-state index contributed by atoms with van der Waals surface area (Å²) in [4.78, 5) is 0. The van der Waals surface area contributed by atoms with Crippen molar-refractivity contribution in [2.24, 2.45) is 0 Å². The second-order valence-corrected chi connectivity index (χ2v) is 4.53. The zero-order chi connectivity index (χ0) is 11.4. The fourth-order valence-electron chi connectivity index (χ4n) is 1.26. The van der Waals surface area contributed by atoms with Crippen LogP contribution in [0.3, 0.4) is 0 Å². The molecule has 3 nitrogen and oxygen atoms in total. The lowest BCUT2D eigenvalue weighted by Gasteiger charge is -2.03. The number of nitrogens with one attached hydrogen (secondary N) is 1. The van der Waals surface area contributed by atoms with E-state index in [4.69, 9.17) is 23.2 Å². The number of hydrogen-bond donors (Lipinski definition) is 1. The van der Waals surface area contributed by atoms with Gasteiger partial charge in [-0.25, -0.2) is 0 Å². The Kier molecular flexibility index (Phi) is 3.98. The van der Waals surface area contributed by atoms with E-state index in [0.717, 1.165) is 29.7 Å². The number of rotatable bonds is 4. The maximum Gasteiger partial charge on any atom is 0.186 e. The van der Waals surface area contributed by atoms with Crippen molar-refractivity contribution in [1.82, 2.24) is 8.75 Å². The van der Waals surface area contributed by atoms with Crippen LogP contribution in [0.25, 0.3) is 0 Å². The second kappa shape index (κ2) is 5.48. The summed E-state index contributed by atoms with van der Waals surface area (Å²) in [5.74, 6) is 0.653. The first-order chi connectivity index (χ1) is 7.75. The van der Waals surface area contributed by atoms with E-state index in [0.29, 0.717) is 11.0 Å². The van der Waals surface area contributed by atoms with Crippen molar-refractivity contribution in [3.8, 4) is 0 Å². The Morgan fingerprint density at radius 3 is 2.50 bits per heavy atom. The van der Waals surface area contributed by atoms with E-state index in [1.165, 1.54) is 5.56 Å². The average molecular weight is 274 g/mol. The van der Waals surface area contributed by atoms with Gasteiger partial charge in [0.05, 0.1) is 11.7 Å². The molecule has 2 rings (SSSR count). The van der Waals surface area contributed by atoms with Crippen LogP contribution < -0.4 is 5.32 Å². The van der Waals surface area contributed by atoms with Crippen LogP contribution in [-0.2, 0) is 6.42 Å². The minimum atomic E-state index is 0.432. The number of anilines is 1. The van der Waals surface area contributed by atoms with Gasteiger partial charge < -0.3 is 5.32 Å². The summed E-state index contributed by atoms with van der Waals surface area (Å²) in [6.07, 6.45) is 0.894. The SMILES string of the molecule is Clc1ccc(CCNc2nsnc2Cl)cc1. The average Bonchev–Trinajstić information content (AvgIpc) is 2.68. The van der Waals surface area contributed by atoms with Gasteiger partial charge in [-0.05, 0) is 24.1 Å². The lowest BCUT2D eigenvalue weighted by Crippen LogP contribution is -2.05. The molecule has 16 heavy (non-hydrogen) atoms. The maximum atomic E-state index is 5.80. The molecule has 0 spiro atoms. The van der Waals surface area contributed by atoms with Crippen molar-refractivity contribution in [2.45, 2.75) is 6.42 Å². The third-order valence-electron chi connectivity index (χ3n) is 2.07. The summed E-state index contributed by atoms with van der Waals surface area (Å²) in [6, 6.07) is 7.78. The molecule has 1 heterocycles. The van der Waals surface area contributed by atoms with Gasteiger partial charge in [-0.1, -0.05) is 35.3 Å². The van der Waals surface area contributed by atoms with Crippen LogP contribution in [0, 0.1) is 0 Å². The number of aromatic nitrogens is 2. The number of benzene rings is 1. The Balaban J connectivity index is 1.84. The summed E-state index contributed by atoms with van der Waals surface area (Å²) >= 11 is 12.7. The second-order valence-electron chi connectivity index (χ2n) is 3.21. The topological polar surface area (TPSA) is 37.8 Å². The molecule has 0 fully saturated rings. The zero-order valence-corrected chi connectivity index (χ0v) is 10.6. The van der Waals surface area contributed by atoms with Crippen molar-refractivity contribution in [3.63, 3.8) is 0 Å². The third-order valence-corrected chi connectivity index (χ3v) is 3.21. The molecule has 1 aromatic carbocycles. The molecule has 0 saturated heterocycles.